The molecule has 2 aromatic rings. The number of rotatable bonds is 3. The Bertz CT molecular complexity index is 752. The van der Waals surface area contributed by atoms with Gasteiger partial charge in [0.05, 0.1) is 4.90 Å². The summed E-state index contributed by atoms with van der Waals surface area (Å²) in [6.07, 6.45) is 0. The predicted octanol–water partition coefficient (Wildman–Crippen LogP) is 1.67. The standard InChI is InChI=1S/C13H13NO4S/c1-8(13(15)16)19(17,18)12-7-6-11(14)9-4-2-3-5-10(9)12/h2-8H,14H2,1H3,(H,15,16). The summed E-state index contributed by atoms with van der Waals surface area (Å²) < 4.78 is 24.6. The Morgan fingerprint density at radius 3 is 2.32 bits per heavy atom. The monoisotopic (exact) mass is 279 g/mol. The van der Waals surface area contributed by atoms with Gasteiger partial charge in [0.1, 0.15) is 0 Å². The molecule has 0 aliphatic carbocycles. The van der Waals surface area contributed by atoms with E-state index in [0.717, 1.165) is 6.92 Å². The molecule has 1 unspecified atom stereocenters. The lowest BCUT2D eigenvalue weighted by atomic mass is 10.1. The number of carboxylic acid groups (broad SMARTS) is 1. The maximum absolute atomic E-state index is 12.3. The third-order valence-corrected chi connectivity index (χ3v) is 5.14. The number of fused-ring (bicyclic) bond motifs is 1. The van der Waals surface area contributed by atoms with Crippen LogP contribution in [0.2, 0.25) is 0 Å². The zero-order chi connectivity index (χ0) is 14.2. The van der Waals surface area contributed by atoms with E-state index in [1.165, 1.54) is 12.1 Å². The lowest BCUT2D eigenvalue weighted by Crippen LogP contribution is -2.27. The number of nitrogen functional groups attached to an aromatic ring is 1. The van der Waals surface area contributed by atoms with Gasteiger partial charge in [-0.05, 0) is 19.1 Å². The van der Waals surface area contributed by atoms with Gasteiger partial charge in [-0.2, -0.15) is 0 Å². The minimum Gasteiger partial charge on any atom is -0.480 e. The van der Waals surface area contributed by atoms with E-state index in [9.17, 15) is 13.2 Å². The van der Waals surface area contributed by atoms with Gasteiger partial charge in [-0.15, -0.1) is 0 Å². The fourth-order valence-electron chi connectivity index (χ4n) is 1.87. The number of aliphatic carboxylic acids is 1. The number of carbonyl (C=O) groups is 1. The van der Waals surface area contributed by atoms with Gasteiger partial charge in [-0.25, -0.2) is 8.42 Å². The molecule has 1 atom stereocenters. The van der Waals surface area contributed by atoms with E-state index in [2.05, 4.69) is 0 Å². The van der Waals surface area contributed by atoms with Crippen molar-refractivity contribution >= 4 is 32.3 Å². The highest BCUT2D eigenvalue weighted by Crippen LogP contribution is 2.29. The molecule has 2 rings (SSSR count). The highest BCUT2D eigenvalue weighted by Gasteiger charge is 2.30. The lowest BCUT2D eigenvalue weighted by Gasteiger charge is -2.12. The molecule has 2 aromatic carbocycles. The fourth-order valence-corrected chi connectivity index (χ4v) is 3.25. The summed E-state index contributed by atoms with van der Waals surface area (Å²) in [5.41, 5.74) is 6.25. The van der Waals surface area contributed by atoms with Crippen LogP contribution >= 0.6 is 0 Å². The molecule has 0 aromatic heterocycles. The molecule has 0 amide bonds. The Kier molecular flexibility index (Phi) is 3.20. The van der Waals surface area contributed by atoms with Crippen LogP contribution in [0.3, 0.4) is 0 Å². The van der Waals surface area contributed by atoms with Crippen molar-refractivity contribution < 1.29 is 18.3 Å². The van der Waals surface area contributed by atoms with Gasteiger partial charge >= 0.3 is 5.97 Å². The second-order valence-electron chi connectivity index (χ2n) is 4.22. The SMILES string of the molecule is CC(C(=O)O)S(=O)(=O)c1ccc(N)c2ccccc12. The van der Waals surface area contributed by atoms with Crippen LogP contribution in [0.15, 0.2) is 41.3 Å². The van der Waals surface area contributed by atoms with Gasteiger partial charge in [0.25, 0.3) is 0 Å². The number of anilines is 1. The van der Waals surface area contributed by atoms with Crippen LogP contribution in [0.5, 0.6) is 0 Å². The van der Waals surface area contributed by atoms with E-state index >= 15 is 0 Å². The second kappa shape index (κ2) is 4.55. The van der Waals surface area contributed by atoms with Crippen molar-refractivity contribution in [2.75, 3.05) is 5.73 Å². The van der Waals surface area contributed by atoms with Crippen LogP contribution < -0.4 is 5.73 Å². The molecule has 19 heavy (non-hydrogen) atoms. The summed E-state index contributed by atoms with van der Waals surface area (Å²) in [5.74, 6) is -1.37. The van der Waals surface area contributed by atoms with E-state index < -0.39 is 21.1 Å². The Hall–Kier alpha value is -2.08. The van der Waals surface area contributed by atoms with Crippen molar-refractivity contribution in [3.05, 3.63) is 36.4 Å². The van der Waals surface area contributed by atoms with Crippen molar-refractivity contribution in [2.45, 2.75) is 17.1 Å². The third kappa shape index (κ3) is 2.15. The fraction of sp³-hybridized carbons (Fsp3) is 0.154. The Morgan fingerprint density at radius 2 is 1.74 bits per heavy atom. The predicted molar refractivity (Wildman–Crippen MR) is 72.6 cm³/mol. The van der Waals surface area contributed by atoms with Crippen LogP contribution in [-0.2, 0) is 14.6 Å². The van der Waals surface area contributed by atoms with Crippen molar-refractivity contribution in [1.82, 2.24) is 0 Å². The summed E-state index contributed by atoms with van der Waals surface area (Å²) in [4.78, 5) is 10.9. The van der Waals surface area contributed by atoms with Gasteiger partial charge in [0, 0.05) is 16.5 Å². The third-order valence-electron chi connectivity index (χ3n) is 3.04. The average molecular weight is 279 g/mol. The van der Waals surface area contributed by atoms with E-state index in [-0.39, 0.29) is 4.90 Å². The molecule has 0 heterocycles. The van der Waals surface area contributed by atoms with E-state index in [1.807, 2.05) is 0 Å². The quantitative estimate of drug-likeness (QED) is 0.833. The highest BCUT2D eigenvalue weighted by atomic mass is 32.2. The summed E-state index contributed by atoms with van der Waals surface area (Å²) in [6.45, 7) is 1.16. The summed E-state index contributed by atoms with van der Waals surface area (Å²) in [7, 11) is -3.94. The van der Waals surface area contributed by atoms with Crippen molar-refractivity contribution in [1.29, 1.82) is 0 Å². The molecule has 0 spiro atoms. The van der Waals surface area contributed by atoms with Crippen LogP contribution in [0.1, 0.15) is 6.92 Å². The van der Waals surface area contributed by atoms with Gasteiger partial charge < -0.3 is 10.8 Å². The van der Waals surface area contributed by atoms with Gasteiger partial charge in [0.15, 0.2) is 15.1 Å². The summed E-state index contributed by atoms with van der Waals surface area (Å²) in [5, 5.41) is 8.44. The van der Waals surface area contributed by atoms with Gasteiger partial charge in [-0.3, -0.25) is 4.79 Å². The molecule has 0 saturated heterocycles. The molecule has 3 N–H and O–H groups in total. The molecule has 6 heteroatoms. The number of benzene rings is 2. The summed E-state index contributed by atoms with van der Waals surface area (Å²) >= 11 is 0. The molecule has 100 valence electrons. The van der Waals surface area contributed by atoms with Gasteiger partial charge in [0.2, 0.25) is 0 Å². The van der Waals surface area contributed by atoms with Crippen LogP contribution in [0.25, 0.3) is 10.8 Å². The van der Waals surface area contributed by atoms with Crippen LogP contribution in [0, 0.1) is 0 Å². The number of hydrogen-bond donors (Lipinski definition) is 2. The Labute approximate surface area is 110 Å². The molecule has 0 aliphatic heterocycles. The molecule has 0 fully saturated rings. The summed E-state index contributed by atoms with van der Waals surface area (Å²) in [6, 6.07) is 9.58. The first-order valence-electron chi connectivity index (χ1n) is 5.59. The number of carboxylic acids is 1. The highest BCUT2D eigenvalue weighted by molar-refractivity contribution is 7.93. The van der Waals surface area contributed by atoms with Crippen LogP contribution in [0.4, 0.5) is 5.69 Å². The molecule has 0 radical (unpaired) electrons. The molecular formula is C13H13NO4S. The van der Waals surface area contributed by atoms with Crippen molar-refractivity contribution in [3.63, 3.8) is 0 Å². The first-order valence-corrected chi connectivity index (χ1v) is 7.14. The second-order valence-corrected chi connectivity index (χ2v) is 6.46. The lowest BCUT2D eigenvalue weighted by molar-refractivity contribution is -0.136. The normalized spacial score (nSPS) is 13.3. The molecule has 0 bridgehead atoms. The minimum atomic E-state index is -3.94. The zero-order valence-corrected chi connectivity index (χ0v) is 11.0. The number of nitrogens with two attached hydrogens (primary N) is 1. The molecule has 0 aliphatic rings. The van der Waals surface area contributed by atoms with Gasteiger partial charge in [-0.1, -0.05) is 24.3 Å². The average Bonchev–Trinajstić information content (AvgIpc) is 2.38. The van der Waals surface area contributed by atoms with E-state index in [1.54, 1.807) is 24.3 Å². The smallest absolute Gasteiger partial charge is 0.321 e. The molecule has 0 saturated carbocycles. The number of hydrogen-bond acceptors (Lipinski definition) is 4. The van der Waals surface area contributed by atoms with Crippen molar-refractivity contribution in [3.8, 4) is 0 Å². The molecule has 5 nitrogen and oxygen atoms in total. The number of sulfone groups is 1. The molecular weight excluding hydrogens is 266 g/mol. The Balaban J connectivity index is 2.78. The van der Waals surface area contributed by atoms with E-state index in [0.29, 0.717) is 16.5 Å². The topological polar surface area (TPSA) is 97.5 Å². The minimum absolute atomic E-state index is 0.00722. The largest absolute Gasteiger partial charge is 0.480 e. The maximum atomic E-state index is 12.3. The van der Waals surface area contributed by atoms with E-state index in [4.69, 9.17) is 10.8 Å². The first kappa shape index (κ1) is 13.4. The zero-order valence-electron chi connectivity index (χ0n) is 10.2. The Morgan fingerprint density at radius 1 is 1.16 bits per heavy atom. The first-order chi connectivity index (χ1) is 8.85. The van der Waals surface area contributed by atoms with Crippen molar-refractivity contribution in [2.24, 2.45) is 0 Å². The van der Waals surface area contributed by atoms with Crippen LogP contribution in [-0.4, -0.2) is 24.7 Å². The maximum Gasteiger partial charge on any atom is 0.321 e.